The van der Waals surface area contributed by atoms with Crippen LogP contribution in [0.5, 0.6) is 11.6 Å². The summed E-state index contributed by atoms with van der Waals surface area (Å²) in [7, 11) is 2.71. The molecule has 1 atom stereocenters. The van der Waals surface area contributed by atoms with E-state index >= 15 is 0 Å². The molecule has 0 radical (unpaired) electrons. The van der Waals surface area contributed by atoms with Gasteiger partial charge in [-0.15, -0.1) is 0 Å². The molecule has 0 saturated heterocycles. The van der Waals surface area contributed by atoms with E-state index in [-0.39, 0.29) is 35.3 Å². The number of aliphatic hydroxyl groups excluding tert-OH is 1. The Labute approximate surface area is 180 Å². The zero-order valence-electron chi connectivity index (χ0n) is 17.1. The van der Waals surface area contributed by atoms with Gasteiger partial charge in [-0.05, 0) is 29.4 Å². The van der Waals surface area contributed by atoms with Crippen molar-refractivity contribution in [1.29, 1.82) is 0 Å². The summed E-state index contributed by atoms with van der Waals surface area (Å²) in [6.07, 6.45) is -6.00. The molecule has 32 heavy (non-hydrogen) atoms. The summed E-state index contributed by atoms with van der Waals surface area (Å²) in [5, 5.41) is 17.3. The van der Waals surface area contributed by atoms with Gasteiger partial charge in [0.25, 0.3) is 5.88 Å². The van der Waals surface area contributed by atoms with Crippen LogP contribution in [0.2, 0.25) is 0 Å². The van der Waals surface area contributed by atoms with Crippen molar-refractivity contribution in [2.45, 2.75) is 19.1 Å². The number of anilines is 2. The number of aliphatic imine (C=N–C) groups is 1. The van der Waals surface area contributed by atoms with Crippen molar-refractivity contribution in [3.63, 3.8) is 0 Å². The van der Waals surface area contributed by atoms with Crippen LogP contribution in [0.1, 0.15) is 16.9 Å². The van der Waals surface area contributed by atoms with Gasteiger partial charge < -0.3 is 24.4 Å². The molecule has 0 spiro atoms. The van der Waals surface area contributed by atoms with Crippen LogP contribution in [0, 0.1) is 0 Å². The van der Waals surface area contributed by atoms with E-state index in [2.05, 4.69) is 15.5 Å². The van der Waals surface area contributed by atoms with Gasteiger partial charge in [0.1, 0.15) is 18.1 Å². The highest BCUT2D eigenvalue weighted by atomic mass is 19.4. The largest absolute Gasteiger partial charge is 0.496 e. The highest BCUT2D eigenvalue weighted by Crippen LogP contribution is 2.43. The first-order chi connectivity index (χ1) is 15.3. The summed E-state index contributed by atoms with van der Waals surface area (Å²) in [5.41, 5.74) is -0.0826. The topological polar surface area (TPSA) is 92.3 Å². The fraction of sp³-hybridized carbons (Fsp3) is 0.238. The number of hydrogen-bond acceptors (Lipinski definition) is 7. The van der Waals surface area contributed by atoms with E-state index in [9.17, 15) is 18.3 Å². The molecular weight excluding hydrogens is 429 g/mol. The molecule has 2 aromatic carbocycles. The van der Waals surface area contributed by atoms with Gasteiger partial charge in [-0.25, -0.2) is 0 Å². The molecule has 2 heterocycles. The molecular formula is C21H19F3N4O4. The number of aromatic nitrogens is 1. The smallest absolute Gasteiger partial charge is 0.416 e. The Hall–Kier alpha value is -3.73. The lowest BCUT2D eigenvalue weighted by atomic mass is 10.0. The third kappa shape index (κ3) is 4.06. The van der Waals surface area contributed by atoms with E-state index in [1.165, 1.54) is 25.2 Å². The zero-order chi connectivity index (χ0) is 22.9. The Morgan fingerprint density at radius 3 is 2.53 bits per heavy atom. The predicted octanol–water partition coefficient (Wildman–Crippen LogP) is 3.67. The van der Waals surface area contributed by atoms with E-state index in [0.717, 1.165) is 12.1 Å². The Morgan fingerprint density at radius 1 is 1.16 bits per heavy atom. The molecule has 2 N–H and O–H groups in total. The maximum absolute atomic E-state index is 13.6. The molecule has 0 bridgehead atoms. The molecule has 168 valence electrons. The van der Waals surface area contributed by atoms with E-state index in [1.807, 2.05) is 0 Å². The number of fused-ring (bicyclic) bond motifs is 1. The number of amidine groups is 1. The van der Waals surface area contributed by atoms with Gasteiger partial charge in [0.05, 0.1) is 31.0 Å². The van der Waals surface area contributed by atoms with Gasteiger partial charge in [0.2, 0.25) is 6.35 Å². The van der Waals surface area contributed by atoms with E-state index in [4.69, 9.17) is 14.0 Å². The van der Waals surface area contributed by atoms with Crippen LogP contribution in [0.15, 0.2) is 58.0 Å². The van der Waals surface area contributed by atoms with Crippen LogP contribution in [0.25, 0.3) is 0 Å². The minimum absolute atomic E-state index is 0.000364. The quantitative estimate of drug-likeness (QED) is 0.615. The number of hydrogen-bond donors (Lipinski definition) is 2. The van der Waals surface area contributed by atoms with E-state index in [1.54, 1.807) is 30.3 Å². The number of benzene rings is 2. The SMILES string of the molecule is COc1cc(CN=C2NC(O)N(c3ccccc3)c3cc(C(F)(F)F)cc(OC)c32)on1. The average Bonchev–Trinajstić information content (AvgIpc) is 3.24. The van der Waals surface area contributed by atoms with Crippen LogP contribution in [0.4, 0.5) is 24.5 Å². The van der Waals surface area contributed by atoms with Crippen LogP contribution in [-0.2, 0) is 12.7 Å². The number of alkyl halides is 3. The molecule has 1 aliphatic heterocycles. The van der Waals surface area contributed by atoms with Crippen molar-refractivity contribution in [3.8, 4) is 11.6 Å². The zero-order valence-corrected chi connectivity index (χ0v) is 17.1. The summed E-state index contributed by atoms with van der Waals surface area (Å²) >= 11 is 0. The first-order valence-electron chi connectivity index (χ1n) is 9.44. The van der Waals surface area contributed by atoms with Gasteiger partial charge in [0, 0.05) is 11.8 Å². The summed E-state index contributed by atoms with van der Waals surface area (Å²) < 4.78 is 56.1. The van der Waals surface area contributed by atoms with E-state index in [0.29, 0.717) is 11.4 Å². The number of methoxy groups -OCH3 is 2. The molecule has 1 aliphatic rings. The maximum Gasteiger partial charge on any atom is 0.416 e. The van der Waals surface area contributed by atoms with Crippen molar-refractivity contribution in [1.82, 2.24) is 10.5 Å². The second kappa shape index (κ2) is 8.42. The maximum atomic E-state index is 13.6. The molecule has 1 unspecified atom stereocenters. The Bertz CT molecular complexity index is 1130. The molecule has 0 aliphatic carbocycles. The first-order valence-corrected chi connectivity index (χ1v) is 9.44. The molecule has 0 fully saturated rings. The van der Waals surface area contributed by atoms with Crippen LogP contribution in [0.3, 0.4) is 0 Å². The molecule has 0 saturated carbocycles. The third-order valence-corrected chi connectivity index (χ3v) is 4.81. The van der Waals surface area contributed by atoms with Crippen molar-refractivity contribution >= 4 is 17.2 Å². The number of aliphatic hydroxyl groups is 1. The Kier molecular flexibility index (Phi) is 5.66. The Morgan fingerprint density at radius 2 is 1.91 bits per heavy atom. The normalized spacial score (nSPS) is 17.1. The van der Waals surface area contributed by atoms with Crippen molar-refractivity contribution in [3.05, 3.63) is 65.4 Å². The second-order valence-electron chi connectivity index (χ2n) is 6.79. The average molecular weight is 448 g/mol. The highest BCUT2D eigenvalue weighted by Gasteiger charge is 2.38. The van der Waals surface area contributed by atoms with Gasteiger partial charge in [-0.3, -0.25) is 9.89 Å². The van der Waals surface area contributed by atoms with Gasteiger partial charge in [0.15, 0.2) is 5.76 Å². The molecule has 11 heteroatoms. The molecule has 8 nitrogen and oxygen atoms in total. The van der Waals surface area contributed by atoms with Crippen LogP contribution >= 0.6 is 0 Å². The number of nitrogens with zero attached hydrogens (tertiary/aromatic N) is 3. The summed E-state index contributed by atoms with van der Waals surface area (Å²) in [6.45, 7) is 0.000364. The lowest BCUT2D eigenvalue weighted by Crippen LogP contribution is -2.51. The number of ether oxygens (including phenoxy) is 2. The minimum Gasteiger partial charge on any atom is -0.496 e. The lowest BCUT2D eigenvalue weighted by molar-refractivity contribution is -0.137. The lowest BCUT2D eigenvalue weighted by Gasteiger charge is -2.38. The molecule has 0 amide bonds. The molecule has 1 aromatic heterocycles. The van der Waals surface area contributed by atoms with Crippen molar-refractivity contribution in [2.75, 3.05) is 19.1 Å². The number of nitrogens with one attached hydrogen (secondary N) is 1. The van der Waals surface area contributed by atoms with Gasteiger partial charge in [-0.1, -0.05) is 18.2 Å². The van der Waals surface area contributed by atoms with E-state index < -0.39 is 18.1 Å². The van der Waals surface area contributed by atoms with Crippen LogP contribution in [-0.4, -0.2) is 36.7 Å². The van der Waals surface area contributed by atoms with Crippen molar-refractivity contribution in [2.24, 2.45) is 4.99 Å². The summed E-state index contributed by atoms with van der Waals surface area (Å²) in [6, 6.07) is 11.9. The number of para-hydroxylation sites is 1. The highest BCUT2D eigenvalue weighted by molar-refractivity contribution is 6.09. The minimum atomic E-state index is -4.62. The third-order valence-electron chi connectivity index (χ3n) is 4.81. The Balaban J connectivity index is 1.86. The fourth-order valence-corrected chi connectivity index (χ4v) is 3.36. The summed E-state index contributed by atoms with van der Waals surface area (Å²) in [4.78, 5) is 5.73. The van der Waals surface area contributed by atoms with Gasteiger partial charge in [-0.2, -0.15) is 13.2 Å². The standard InChI is InChI=1S/C21H19F3N4O4/c1-30-16-9-12(21(22,23)24)8-15-18(16)19(25-11-14-10-17(31-2)27-32-14)26-20(29)28(15)13-6-4-3-5-7-13/h3-10,20,29H,11H2,1-2H3,(H,25,26). The molecule has 3 aromatic rings. The number of halogens is 3. The van der Waals surface area contributed by atoms with Gasteiger partial charge >= 0.3 is 6.18 Å². The monoisotopic (exact) mass is 448 g/mol. The first kappa shape index (κ1) is 21.5. The predicted molar refractivity (Wildman–Crippen MR) is 109 cm³/mol. The van der Waals surface area contributed by atoms with Crippen molar-refractivity contribution < 1.29 is 32.3 Å². The molecule has 4 rings (SSSR count). The van der Waals surface area contributed by atoms with Crippen LogP contribution < -0.4 is 19.7 Å². The second-order valence-corrected chi connectivity index (χ2v) is 6.79. The fourth-order valence-electron chi connectivity index (χ4n) is 3.36. The summed E-state index contributed by atoms with van der Waals surface area (Å²) in [5.74, 6) is 0.716. The number of rotatable bonds is 5.